The van der Waals surface area contributed by atoms with E-state index in [1.54, 1.807) is 0 Å². The van der Waals surface area contributed by atoms with Crippen molar-refractivity contribution >= 4 is 34.1 Å². The first-order chi connectivity index (χ1) is 11.6. The Morgan fingerprint density at radius 1 is 1.17 bits per heavy atom. The first-order valence-electron chi connectivity index (χ1n) is 8.24. The summed E-state index contributed by atoms with van der Waals surface area (Å²) in [6.07, 6.45) is 0.877. The standard InChI is InChI=1S/C20H21ClN2O/c1-4-14-8-6-7-9-17(14)22-20(24)19-13(3)16-12-15(21)10-11-18(16)23(19)5-2/h6-12H,4-5H2,1-3H3,(H,22,24). The zero-order chi connectivity index (χ0) is 17.3. The topological polar surface area (TPSA) is 34.0 Å². The van der Waals surface area contributed by atoms with Gasteiger partial charge in [-0.1, -0.05) is 36.7 Å². The predicted molar refractivity (Wildman–Crippen MR) is 101 cm³/mol. The van der Waals surface area contributed by atoms with Crippen molar-refractivity contribution in [2.75, 3.05) is 5.32 Å². The van der Waals surface area contributed by atoms with Gasteiger partial charge in [-0.3, -0.25) is 4.79 Å². The van der Waals surface area contributed by atoms with E-state index in [1.165, 1.54) is 0 Å². The van der Waals surface area contributed by atoms with Crippen molar-refractivity contribution < 1.29 is 4.79 Å². The van der Waals surface area contributed by atoms with Crippen molar-refractivity contribution in [3.8, 4) is 0 Å². The number of carbonyl (C=O) groups is 1. The number of nitrogens with one attached hydrogen (secondary N) is 1. The summed E-state index contributed by atoms with van der Waals surface area (Å²) >= 11 is 6.13. The molecule has 0 saturated heterocycles. The number of hydrogen-bond acceptors (Lipinski definition) is 1. The molecule has 0 atom stereocenters. The summed E-state index contributed by atoms with van der Waals surface area (Å²) in [5.41, 5.74) is 4.69. The number of carbonyl (C=O) groups excluding carboxylic acids is 1. The molecule has 3 nitrogen and oxygen atoms in total. The molecule has 1 N–H and O–H groups in total. The van der Waals surface area contributed by atoms with E-state index in [9.17, 15) is 4.79 Å². The van der Waals surface area contributed by atoms with Crippen molar-refractivity contribution in [2.24, 2.45) is 0 Å². The Bertz CT molecular complexity index is 911. The van der Waals surface area contributed by atoms with Gasteiger partial charge in [0.25, 0.3) is 5.91 Å². The minimum absolute atomic E-state index is 0.0810. The molecule has 4 heteroatoms. The SMILES string of the molecule is CCc1ccccc1NC(=O)c1c(C)c2cc(Cl)ccc2n1CC. The smallest absolute Gasteiger partial charge is 0.272 e. The van der Waals surface area contributed by atoms with Crippen LogP contribution >= 0.6 is 11.6 Å². The van der Waals surface area contributed by atoms with E-state index in [0.717, 1.165) is 40.7 Å². The minimum atomic E-state index is -0.0810. The number of fused-ring (bicyclic) bond motifs is 1. The summed E-state index contributed by atoms with van der Waals surface area (Å²) in [5, 5.41) is 4.78. The summed E-state index contributed by atoms with van der Waals surface area (Å²) in [6.45, 7) is 6.83. The van der Waals surface area contributed by atoms with Crippen LogP contribution in [0.15, 0.2) is 42.5 Å². The lowest BCUT2D eigenvalue weighted by Crippen LogP contribution is -2.18. The number of benzene rings is 2. The van der Waals surface area contributed by atoms with Gasteiger partial charge in [0.1, 0.15) is 5.69 Å². The maximum atomic E-state index is 13.0. The van der Waals surface area contributed by atoms with E-state index < -0.39 is 0 Å². The third-order valence-electron chi connectivity index (χ3n) is 4.46. The van der Waals surface area contributed by atoms with Crippen LogP contribution in [-0.2, 0) is 13.0 Å². The molecular formula is C20H21ClN2O. The van der Waals surface area contributed by atoms with Crippen LogP contribution in [0.3, 0.4) is 0 Å². The van der Waals surface area contributed by atoms with Gasteiger partial charge in [-0.2, -0.15) is 0 Å². The van der Waals surface area contributed by atoms with Gasteiger partial charge in [0.05, 0.1) is 0 Å². The van der Waals surface area contributed by atoms with E-state index in [4.69, 9.17) is 11.6 Å². The van der Waals surface area contributed by atoms with Crippen molar-refractivity contribution in [1.82, 2.24) is 4.57 Å². The molecule has 124 valence electrons. The van der Waals surface area contributed by atoms with Gasteiger partial charge in [-0.05, 0) is 55.7 Å². The maximum Gasteiger partial charge on any atom is 0.272 e. The van der Waals surface area contributed by atoms with Crippen molar-refractivity contribution in [3.63, 3.8) is 0 Å². The van der Waals surface area contributed by atoms with Gasteiger partial charge in [0.2, 0.25) is 0 Å². The molecule has 24 heavy (non-hydrogen) atoms. The van der Waals surface area contributed by atoms with Crippen molar-refractivity contribution in [2.45, 2.75) is 33.7 Å². The molecule has 0 aliphatic carbocycles. The molecule has 3 rings (SSSR count). The Morgan fingerprint density at radius 2 is 1.92 bits per heavy atom. The zero-order valence-corrected chi connectivity index (χ0v) is 14.9. The average molecular weight is 341 g/mol. The molecule has 0 bridgehead atoms. The lowest BCUT2D eigenvalue weighted by Gasteiger charge is -2.12. The van der Waals surface area contributed by atoms with Crippen LogP contribution in [0.25, 0.3) is 10.9 Å². The third-order valence-corrected chi connectivity index (χ3v) is 4.69. The molecule has 3 aromatic rings. The second-order valence-corrected chi connectivity index (χ2v) is 6.28. The van der Waals surface area contributed by atoms with Crippen LogP contribution in [0.4, 0.5) is 5.69 Å². The third kappa shape index (κ3) is 2.80. The number of para-hydroxylation sites is 1. The normalized spacial score (nSPS) is 11.0. The summed E-state index contributed by atoms with van der Waals surface area (Å²) in [5.74, 6) is -0.0810. The molecule has 0 unspecified atom stereocenters. The molecule has 0 saturated carbocycles. The number of nitrogens with zero attached hydrogens (tertiary/aromatic N) is 1. The highest BCUT2D eigenvalue weighted by Gasteiger charge is 2.20. The molecule has 0 radical (unpaired) electrons. The molecular weight excluding hydrogens is 320 g/mol. The number of hydrogen-bond donors (Lipinski definition) is 1. The van der Waals surface area contributed by atoms with Crippen molar-refractivity contribution in [3.05, 3.63) is 64.3 Å². The van der Waals surface area contributed by atoms with E-state index in [2.05, 4.69) is 12.2 Å². The summed E-state index contributed by atoms with van der Waals surface area (Å²) in [4.78, 5) is 13.0. The first kappa shape index (κ1) is 16.6. The highest BCUT2D eigenvalue weighted by atomic mass is 35.5. The predicted octanol–water partition coefficient (Wildman–Crippen LogP) is 5.44. The van der Waals surface area contributed by atoms with E-state index >= 15 is 0 Å². The summed E-state index contributed by atoms with van der Waals surface area (Å²) in [6, 6.07) is 13.7. The Morgan fingerprint density at radius 3 is 2.62 bits per heavy atom. The highest BCUT2D eigenvalue weighted by molar-refractivity contribution is 6.31. The molecule has 1 aromatic heterocycles. The highest BCUT2D eigenvalue weighted by Crippen LogP contribution is 2.29. The van der Waals surface area contributed by atoms with Gasteiger partial charge >= 0.3 is 0 Å². The molecule has 1 amide bonds. The quantitative estimate of drug-likeness (QED) is 0.674. The van der Waals surface area contributed by atoms with E-state index in [-0.39, 0.29) is 5.91 Å². The Labute approximate surface area is 147 Å². The fourth-order valence-electron chi connectivity index (χ4n) is 3.25. The van der Waals surface area contributed by atoms with Gasteiger partial charge < -0.3 is 9.88 Å². The summed E-state index contributed by atoms with van der Waals surface area (Å²) < 4.78 is 2.05. The Kier molecular flexibility index (Phi) is 4.63. The average Bonchev–Trinajstić information content (AvgIpc) is 2.87. The second-order valence-electron chi connectivity index (χ2n) is 5.84. The van der Waals surface area contributed by atoms with Crippen molar-refractivity contribution in [1.29, 1.82) is 0 Å². The van der Waals surface area contributed by atoms with E-state index in [0.29, 0.717) is 10.7 Å². The minimum Gasteiger partial charge on any atom is -0.337 e. The van der Waals surface area contributed by atoms with Gasteiger partial charge in [0, 0.05) is 28.2 Å². The first-order valence-corrected chi connectivity index (χ1v) is 8.62. The lowest BCUT2D eigenvalue weighted by molar-refractivity contribution is 0.101. The number of anilines is 1. The number of aromatic nitrogens is 1. The molecule has 0 spiro atoms. The van der Waals surface area contributed by atoms with Crippen LogP contribution in [0.1, 0.15) is 35.5 Å². The molecule has 2 aromatic carbocycles. The number of amides is 1. The second kappa shape index (κ2) is 6.70. The largest absolute Gasteiger partial charge is 0.337 e. The summed E-state index contributed by atoms with van der Waals surface area (Å²) in [7, 11) is 0. The van der Waals surface area contributed by atoms with Gasteiger partial charge in [-0.15, -0.1) is 0 Å². The fourth-order valence-corrected chi connectivity index (χ4v) is 3.42. The number of halogens is 1. The number of rotatable bonds is 4. The van der Waals surface area contributed by atoms with Crippen LogP contribution in [-0.4, -0.2) is 10.5 Å². The molecule has 0 fully saturated rings. The van der Waals surface area contributed by atoms with Crippen LogP contribution in [0.5, 0.6) is 0 Å². The number of aryl methyl sites for hydroxylation is 3. The monoisotopic (exact) mass is 340 g/mol. The van der Waals surface area contributed by atoms with Crippen LogP contribution in [0.2, 0.25) is 5.02 Å². The molecule has 0 aliphatic rings. The lowest BCUT2D eigenvalue weighted by atomic mass is 10.1. The fraction of sp³-hybridized carbons (Fsp3) is 0.250. The zero-order valence-electron chi connectivity index (χ0n) is 14.2. The van der Waals surface area contributed by atoms with Gasteiger partial charge in [-0.25, -0.2) is 0 Å². The Balaban J connectivity index is 2.08. The van der Waals surface area contributed by atoms with Crippen LogP contribution in [0, 0.1) is 6.92 Å². The Hall–Kier alpha value is -2.26. The molecule has 0 aliphatic heterocycles. The van der Waals surface area contributed by atoms with E-state index in [1.807, 2.05) is 60.9 Å². The maximum absolute atomic E-state index is 13.0. The molecule has 1 heterocycles. The van der Waals surface area contributed by atoms with Crippen LogP contribution < -0.4 is 5.32 Å². The van der Waals surface area contributed by atoms with Gasteiger partial charge in [0.15, 0.2) is 0 Å².